The third kappa shape index (κ3) is 3.66. The van der Waals surface area contributed by atoms with Crippen LogP contribution in [0.25, 0.3) is 0 Å². The fourth-order valence-electron chi connectivity index (χ4n) is 1.42. The van der Waals surface area contributed by atoms with Crippen LogP contribution < -0.4 is 0 Å². The van der Waals surface area contributed by atoms with Gasteiger partial charge in [0.2, 0.25) is 0 Å². The summed E-state index contributed by atoms with van der Waals surface area (Å²) < 4.78 is 9.47. The van der Waals surface area contributed by atoms with Crippen molar-refractivity contribution in [2.24, 2.45) is 0 Å². The Labute approximate surface area is 118 Å². The number of nitrogens with one attached hydrogen (secondary N) is 1. The summed E-state index contributed by atoms with van der Waals surface area (Å²) in [4.78, 5) is 37.3. The minimum atomic E-state index is -0.958. The first-order valence-corrected chi connectivity index (χ1v) is 6.83. The number of rotatable bonds is 6. The van der Waals surface area contributed by atoms with E-state index in [2.05, 4.69) is 25.7 Å². The first kappa shape index (κ1) is 15.4. The number of hydrogen-bond acceptors (Lipinski definition) is 5. The zero-order valence-corrected chi connectivity index (χ0v) is 12.2. The summed E-state index contributed by atoms with van der Waals surface area (Å²) in [5.74, 6) is -2.35. The molecule has 0 atom stereocenters. The SMILES string of the molecule is CCOC(=O)C(=O)c1cc(CBr)c(C(=O)OCC)[nH]1. The van der Waals surface area contributed by atoms with Gasteiger partial charge in [0.1, 0.15) is 5.69 Å². The monoisotopic (exact) mass is 331 g/mol. The molecule has 0 aliphatic carbocycles. The quantitative estimate of drug-likeness (QED) is 0.372. The van der Waals surface area contributed by atoms with Crippen LogP contribution in [0.4, 0.5) is 0 Å². The van der Waals surface area contributed by atoms with E-state index in [9.17, 15) is 14.4 Å². The number of Topliss-reactive ketones (excluding diaryl/α,β-unsaturated/α-hetero) is 1. The van der Waals surface area contributed by atoms with E-state index >= 15 is 0 Å². The molecule has 19 heavy (non-hydrogen) atoms. The van der Waals surface area contributed by atoms with Crippen molar-refractivity contribution in [2.75, 3.05) is 13.2 Å². The molecule has 0 radical (unpaired) electrons. The lowest BCUT2D eigenvalue weighted by molar-refractivity contribution is -0.137. The van der Waals surface area contributed by atoms with E-state index in [1.54, 1.807) is 13.8 Å². The maximum absolute atomic E-state index is 11.7. The van der Waals surface area contributed by atoms with Crippen molar-refractivity contribution in [1.29, 1.82) is 0 Å². The molecule has 1 N–H and O–H groups in total. The van der Waals surface area contributed by atoms with E-state index in [0.717, 1.165) is 0 Å². The zero-order chi connectivity index (χ0) is 14.4. The summed E-state index contributed by atoms with van der Waals surface area (Å²) in [5, 5.41) is 0.355. The molecule has 0 aromatic carbocycles. The highest BCUT2D eigenvalue weighted by atomic mass is 79.9. The summed E-state index contributed by atoms with van der Waals surface area (Å²) in [6, 6.07) is 1.43. The Morgan fingerprint density at radius 1 is 1.21 bits per heavy atom. The van der Waals surface area contributed by atoms with Gasteiger partial charge in [-0.3, -0.25) is 4.79 Å². The van der Waals surface area contributed by atoms with Crippen LogP contribution in [0.5, 0.6) is 0 Å². The largest absolute Gasteiger partial charge is 0.461 e. The average Bonchev–Trinajstić information content (AvgIpc) is 2.82. The Kier molecular flexibility index (Phi) is 5.75. The van der Waals surface area contributed by atoms with Crippen molar-refractivity contribution >= 4 is 33.7 Å². The third-order valence-corrected chi connectivity index (χ3v) is 2.83. The number of carbonyl (C=O) groups is 3. The normalized spacial score (nSPS) is 10.1. The Balaban J connectivity index is 3.02. The number of alkyl halides is 1. The second-order valence-electron chi connectivity index (χ2n) is 3.49. The van der Waals surface area contributed by atoms with Crippen LogP contribution in [0.15, 0.2) is 6.07 Å². The fourth-order valence-corrected chi connectivity index (χ4v) is 1.86. The van der Waals surface area contributed by atoms with Crippen LogP contribution >= 0.6 is 15.9 Å². The Morgan fingerprint density at radius 2 is 1.84 bits per heavy atom. The summed E-state index contributed by atoms with van der Waals surface area (Å²) >= 11 is 3.20. The van der Waals surface area contributed by atoms with Gasteiger partial charge in [-0.1, -0.05) is 15.9 Å². The van der Waals surface area contributed by atoms with Crippen LogP contribution in [0.2, 0.25) is 0 Å². The average molecular weight is 332 g/mol. The molecule has 0 fully saturated rings. The van der Waals surface area contributed by atoms with Gasteiger partial charge in [-0.25, -0.2) is 9.59 Å². The van der Waals surface area contributed by atoms with Crippen molar-refractivity contribution in [3.8, 4) is 0 Å². The maximum atomic E-state index is 11.7. The maximum Gasteiger partial charge on any atom is 0.381 e. The van der Waals surface area contributed by atoms with Crippen LogP contribution in [0.3, 0.4) is 0 Å². The van der Waals surface area contributed by atoms with Gasteiger partial charge < -0.3 is 14.5 Å². The Morgan fingerprint density at radius 3 is 2.37 bits per heavy atom. The molecule has 0 aliphatic heterocycles. The topological polar surface area (TPSA) is 85.5 Å². The van der Waals surface area contributed by atoms with Crippen molar-refractivity contribution in [3.05, 3.63) is 23.0 Å². The van der Waals surface area contributed by atoms with Gasteiger partial charge in [0.25, 0.3) is 5.78 Å². The molecule has 0 aliphatic rings. The van der Waals surface area contributed by atoms with Gasteiger partial charge in [0, 0.05) is 5.33 Å². The lowest BCUT2D eigenvalue weighted by Gasteiger charge is -2.01. The van der Waals surface area contributed by atoms with Crippen molar-refractivity contribution in [3.63, 3.8) is 0 Å². The smallest absolute Gasteiger partial charge is 0.381 e. The fraction of sp³-hybridized carbons (Fsp3) is 0.417. The molecule has 1 heterocycles. The lowest BCUT2D eigenvalue weighted by Crippen LogP contribution is -2.18. The molecule has 0 saturated carbocycles. The lowest BCUT2D eigenvalue weighted by atomic mass is 10.2. The molecule has 0 amide bonds. The predicted octanol–water partition coefficient (Wildman–Crippen LogP) is 1.83. The van der Waals surface area contributed by atoms with Gasteiger partial charge in [0.15, 0.2) is 0 Å². The summed E-state index contributed by atoms with van der Waals surface area (Å²) in [6.07, 6.45) is 0. The number of aromatic nitrogens is 1. The van der Waals surface area contributed by atoms with Gasteiger partial charge in [-0.05, 0) is 25.5 Å². The standard InChI is InChI=1S/C12H14BrNO5/c1-3-18-11(16)9-7(6-13)5-8(14-9)10(15)12(17)19-4-2/h5,14H,3-4,6H2,1-2H3. The first-order chi connectivity index (χ1) is 9.04. The molecule has 1 rings (SSSR count). The van der Waals surface area contributed by atoms with Gasteiger partial charge in [-0.15, -0.1) is 0 Å². The van der Waals surface area contributed by atoms with Crippen LogP contribution in [0, 0.1) is 0 Å². The van der Waals surface area contributed by atoms with Crippen molar-refractivity contribution in [2.45, 2.75) is 19.2 Å². The minimum absolute atomic E-state index is 0.0101. The molecule has 0 unspecified atom stereocenters. The summed E-state index contributed by atoms with van der Waals surface area (Å²) in [5.41, 5.74) is 0.716. The second-order valence-corrected chi connectivity index (χ2v) is 4.05. The Bertz CT molecular complexity index is 494. The highest BCUT2D eigenvalue weighted by Gasteiger charge is 2.24. The molecule has 1 aromatic heterocycles. The molecule has 6 nitrogen and oxygen atoms in total. The van der Waals surface area contributed by atoms with Gasteiger partial charge in [-0.2, -0.15) is 0 Å². The number of H-pyrrole nitrogens is 1. The highest BCUT2D eigenvalue weighted by molar-refractivity contribution is 9.08. The number of aromatic amines is 1. The molecule has 0 spiro atoms. The van der Waals surface area contributed by atoms with E-state index in [1.165, 1.54) is 6.07 Å². The van der Waals surface area contributed by atoms with Crippen LogP contribution in [0.1, 0.15) is 40.4 Å². The van der Waals surface area contributed by atoms with E-state index in [1.807, 2.05) is 0 Å². The number of esters is 2. The van der Waals surface area contributed by atoms with Gasteiger partial charge in [0.05, 0.1) is 18.9 Å². The van der Waals surface area contributed by atoms with Crippen LogP contribution in [-0.4, -0.2) is 35.9 Å². The van der Waals surface area contributed by atoms with Crippen LogP contribution in [-0.2, 0) is 19.6 Å². The molecule has 0 saturated heterocycles. The number of ether oxygens (including phenoxy) is 2. The molecule has 104 valence electrons. The molecule has 0 bridgehead atoms. The van der Waals surface area contributed by atoms with E-state index < -0.39 is 17.7 Å². The zero-order valence-electron chi connectivity index (χ0n) is 10.6. The van der Waals surface area contributed by atoms with E-state index in [-0.39, 0.29) is 24.6 Å². The molecular formula is C12H14BrNO5. The van der Waals surface area contributed by atoms with Crippen molar-refractivity contribution in [1.82, 2.24) is 4.98 Å². The predicted molar refractivity (Wildman–Crippen MR) is 70.3 cm³/mol. The molecule has 1 aromatic rings. The highest BCUT2D eigenvalue weighted by Crippen LogP contribution is 2.16. The van der Waals surface area contributed by atoms with E-state index in [4.69, 9.17) is 4.74 Å². The van der Waals surface area contributed by atoms with Crippen molar-refractivity contribution < 1.29 is 23.9 Å². The Hall–Kier alpha value is -1.63. The second kappa shape index (κ2) is 7.08. The summed E-state index contributed by atoms with van der Waals surface area (Å²) in [7, 11) is 0. The number of halogens is 1. The third-order valence-electron chi connectivity index (χ3n) is 2.23. The minimum Gasteiger partial charge on any atom is -0.461 e. The number of hydrogen-bond donors (Lipinski definition) is 1. The number of carbonyl (C=O) groups excluding carboxylic acids is 3. The molecular weight excluding hydrogens is 318 g/mol. The molecule has 7 heteroatoms. The number of ketones is 1. The van der Waals surface area contributed by atoms with Gasteiger partial charge >= 0.3 is 11.9 Å². The first-order valence-electron chi connectivity index (χ1n) is 5.71. The summed E-state index contributed by atoms with van der Waals surface area (Å²) in [6.45, 7) is 3.62. The van der Waals surface area contributed by atoms with E-state index in [0.29, 0.717) is 10.9 Å².